The van der Waals surface area contributed by atoms with E-state index in [9.17, 15) is 8.78 Å². The fourth-order valence-electron chi connectivity index (χ4n) is 5.59. The Morgan fingerprint density at radius 1 is 0.565 bits per heavy atom. The van der Waals surface area contributed by atoms with E-state index in [-0.39, 0.29) is 41.4 Å². The van der Waals surface area contributed by atoms with E-state index in [4.69, 9.17) is 18.9 Å². The van der Waals surface area contributed by atoms with Crippen LogP contribution in [-0.4, -0.2) is 32.7 Å². The van der Waals surface area contributed by atoms with Crippen LogP contribution >= 0.6 is 0 Å². The quantitative estimate of drug-likeness (QED) is 0.0961. The van der Waals surface area contributed by atoms with Gasteiger partial charge in [-0.1, -0.05) is 95.9 Å². The van der Waals surface area contributed by atoms with Crippen molar-refractivity contribution < 1.29 is 36.5 Å². The first-order chi connectivity index (χ1) is 22.4. The highest BCUT2D eigenvalue weighted by Gasteiger charge is 2.24. The zero-order chi connectivity index (χ0) is 32.7. The molecule has 1 aliphatic rings. The Labute approximate surface area is 271 Å². The van der Waals surface area contributed by atoms with Crippen molar-refractivity contribution in [3.05, 3.63) is 71.8 Å². The molecule has 1 saturated heterocycles. The van der Waals surface area contributed by atoms with Crippen LogP contribution in [0, 0.1) is 29.2 Å². The van der Waals surface area contributed by atoms with Crippen LogP contribution in [0.1, 0.15) is 90.9 Å². The molecule has 3 aromatic rings. The number of halogens is 4. The molecule has 1 aliphatic heterocycles. The summed E-state index contributed by atoms with van der Waals surface area (Å²) in [6, 6.07) is 11.9. The van der Waals surface area contributed by atoms with E-state index < -0.39 is 23.3 Å². The highest BCUT2D eigenvalue weighted by molar-refractivity contribution is 5.72. The fourth-order valence-corrected chi connectivity index (χ4v) is 5.59. The Balaban J connectivity index is 1.29. The molecule has 1 heterocycles. The largest absolute Gasteiger partial charge is 0.490 e. The van der Waals surface area contributed by atoms with Gasteiger partial charge in [0.15, 0.2) is 29.4 Å². The molecule has 3 aromatic carbocycles. The van der Waals surface area contributed by atoms with Gasteiger partial charge in [0, 0.05) is 17.0 Å². The SMILES string of the molecule is CCCCCCCCCCOc1ccc(-c2ccc(-c3ccc(OCC4COC(CCCCC)OC4)c(F)c3F)cc2)c(F)c1F. The molecule has 0 aromatic heterocycles. The number of ether oxygens (including phenoxy) is 4. The van der Waals surface area contributed by atoms with Gasteiger partial charge >= 0.3 is 0 Å². The zero-order valence-electron chi connectivity index (χ0n) is 27.2. The molecular formula is C38H48F4O4. The molecule has 0 radical (unpaired) electrons. The summed E-state index contributed by atoms with van der Waals surface area (Å²) in [4.78, 5) is 0. The smallest absolute Gasteiger partial charge is 0.201 e. The highest BCUT2D eigenvalue weighted by atomic mass is 19.2. The van der Waals surface area contributed by atoms with Crippen LogP contribution in [-0.2, 0) is 9.47 Å². The molecule has 0 spiro atoms. The number of unbranched alkanes of at least 4 members (excludes halogenated alkanes) is 9. The van der Waals surface area contributed by atoms with E-state index in [0.29, 0.717) is 30.9 Å². The standard InChI is InChI=1S/C38H48F4O4/c1-3-5-7-8-9-10-11-13-23-43-32-21-19-30(35(39)37(32)41)28-15-17-29(18-16-28)31-20-22-33(38(42)36(31)40)44-24-27-25-45-34(46-26-27)14-12-6-4-2/h15-22,27,34H,3-14,23-26H2,1-2H3. The number of hydrogen-bond acceptors (Lipinski definition) is 4. The van der Waals surface area contributed by atoms with E-state index in [1.165, 1.54) is 56.4 Å². The monoisotopic (exact) mass is 644 g/mol. The van der Waals surface area contributed by atoms with E-state index >= 15 is 8.78 Å². The van der Waals surface area contributed by atoms with Gasteiger partial charge in [0.05, 0.1) is 26.4 Å². The van der Waals surface area contributed by atoms with E-state index in [1.807, 2.05) is 0 Å². The zero-order valence-corrected chi connectivity index (χ0v) is 27.2. The topological polar surface area (TPSA) is 36.9 Å². The van der Waals surface area contributed by atoms with Gasteiger partial charge < -0.3 is 18.9 Å². The third-order valence-corrected chi connectivity index (χ3v) is 8.41. The summed E-state index contributed by atoms with van der Waals surface area (Å²) < 4.78 is 82.5. The Bertz CT molecular complexity index is 1340. The van der Waals surface area contributed by atoms with Crippen LogP contribution in [0.4, 0.5) is 17.6 Å². The molecule has 1 fully saturated rings. The second-order valence-corrected chi connectivity index (χ2v) is 12.1. The van der Waals surface area contributed by atoms with Crippen LogP contribution in [0.25, 0.3) is 22.3 Å². The second kappa shape index (κ2) is 18.9. The van der Waals surface area contributed by atoms with E-state index in [2.05, 4.69) is 13.8 Å². The molecule has 8 heteroatoms. The molecule has 0 bridgehead atoms. The van der Waals surface area contributed by atoms with Crippen LogP contribution in [0.15, 0.2) is 48.5 Å². The summed E-state index contributed by atoms with van der Waals surface area (Å²) in [7, 11) is 0. The number of hydrogen-bond donors (Lipinski definition) is 0. The molecule has 0 atom stereocenters. The molecule has 0 saturated carbocycles. The van der Waals surface area contributed by atoms with Gasteiger partial charge in [0.1, 0.15) is 0 Å². The molecule has 0 unspecified atom stereocenters. The van der Waals surface area contributed by atoms with Crippen molar-refractivity contribution in [2.45, 2.75) is 97.2 Å². The number of rotatable bonds is 19. The molecule has 0 amide bonds. The summed E-state index contributed by atoms with van der Waals surface area (Å²) in [5.41, 5.74) is 0.884. The van der Waals surface area contributed by atoms with Crippen molar-refractivity contribution in [2.24, 2.45) is 5.92 Å². The van der Waals surface area contributed by atoms with Crippen molar-refractivity contribution in [3.8, 4) is 33.8 Å². The van der Waals surface area contributed by atoms with Gasteiger partial charge in [-0.15, -0.1) is 0 Å². The van der Waals surface area contributed by atoms with Gasteiger partial charge in [0.2, 0.25) is 11.6 Å². The third kappa shape index (κ3) is 10.2. The normalized spacial score (nSPS) is 16.5. The van der Waals surface area contributed by atoms with Crippen LogP contribution in [0.3, 0.4) is 0 Å². The van der Waals surface area contributed by atoms with E-state index in [1.54, 1.807) is 24.3 Å². The fraction of sp³-hybridized carbons (Fsp3) is 0.526. The summed E-state index contributed by atoms with van der Waals surface area (Å²) in [5.74, 6) is -4.58. The Kier molecular flexibility index (Phi) is 14.7. The van der Waals surface area contributed by atoms with Gasteiger partial charge in [0.25, 0.3) is 0 Å². The first-order valence-electron chi connectivity index (χ1n) is 17.0. The molecule has 4 nitrogen and oxygen atoms in total. The molecule has 0 N–H and O–H groups in total. The van der Waals surface area contributed by atoms with Crippen LogP contribution < -0.4 is 9.47 Å². The van der Waals surface area contributed by atoms with Crippen molar-refractivity contribution in [1.82, 2.24) is 0 Å². The lowest BCUT2D eigenvalue weighted by Crippen LogP contribution is -2.35. The van der Waals surface area contributed by atoms with Gasteiger partial charge in [-0.2, -0.15) is 8.78 Å². The lowest BCUT2D eigenvalue weighted by molar-refractivity contribution is -0.206. The predicted molar refractivity (Wildman–Crippen MR) is 174 cm³/mol. The highest BCUT2D eigenvalue weighted by Crippen LogP contribution is 2.34. The first-order valence-corrected chi connectivity index (χ1v) is 17.0. The van der Waals surface area contributed by atoms with Crippen LogP contribution in [0.5, 0.6) is 11.5 Å². The maximum absolute atomic E-state index is 15.1. The van der Waals surface area contributed by atoms with Crippen molar-refractivity contribution in [2.75, 3.05) is 26.4 Å². The average Bonchev–Trinajstić information content (AvgIpc) is 3.07. The lowest BCUT2D eigenvalue weighted by atomic mass is 9.99. The Morgan fingerprint density at radius 3 is 1.59 bits per heavy atom. The van der Waals surface area contributed by atoms with Crippen LogP contribution in [0.2, 0.25) is 0 Å². The predicted octanol–water partition coefficient (Wildman–Crippen LogP) is 11.0. The Morgan fingerprint density at radius 2 is 1.04 bits per heavy atom. The molecule has 4 rings (SSSR count). The van der Waals surface area contributed by atoms with Gasteiger partial charge in [-0.05, 0) is 54.7 Å². The number of benzene rings is 3. The second-order valence-electron chi connectivity index (χ2n) is 12.1. The molecule has 0 aliphatic carbocycles. The maximum Gasteiger partial charge on any atom is 0.201 e. The molecular weight excluding hydrogens is 596 g/mol. The third-order valence-electron chi connectivity index (χ3n) is 8.41. The Hall–Kier alpha value is -3.10. The summed E-state index contributed by atoms with van der Waals surface area (Å²) in [6.07, 6.45) is 13.0. The summed E-state index contributed by atoms with van der Waals surface area (Å²) >= 11 is 0. The van der Waals surface area contributed by atoms with Crippen molar-refractivity contribution >= 4 is 0 Å². The van der Waals surface area contributed by atoms with Crippen molar-refractivity contribution in [3.63, 3.8) is 0 Å². The summed E-state index contributed by atoms with van der Waals surface area (Å²) in [5, 5.41) is 0. The lowest BCUT2D eigenvalue weighted by Gasteiger charge is -2.29. The minimum atomic E-state index is -1.09. The minimum absolute atomic E-state index is 0.0343. The maximum atomic E-state index is 15.1. The average molecular weight is 645 g/mol. The van der Waals surface area contributed by atoms with Gasteiger partial charge in [-0.25, -0.2) is 8.78 Å². The van der Waals surface area contributed by atoms with Crippen molar-refractivity contribution in [1.29, 1.82) is 0 Å². The van der Waals surface area contributed by atoms with E-state index in [0.717, 1.165) is 44.9 Å². The summed E-state index contributed by atoms with van der Waals surface area (Å²) in [6.45, 7) is 5.67. The molecule has 46 heavy (non-hydrogen) atoms. The molecule has 252 valence electrons. The van der Waals surface area contributed by atoms with Gasteiger partial charge in [-0.3, -0.25) is 0 Å². The minimum Gasteiger partial charge on any atom is -0.490 e. The first kappa shape index (κ1) is 35.7.